The molecular formula is C22H25N5O4S. The van der Waals surface area contributed by atoms with E-state index in [2.05, 4.69) is 15.5 Å². The van der Waals surface area contributed by atoms with E-state index in [9.17, 15) is 9.59 Å². The first-order chi connectivity index (χ1) is 15.4. The molecule has 0 bridgehead atoms. The monoisotopic (exact) mass is 455 g/mol. The van der Waals surface area contributed by atoms with Crippen molar-refractivity contribution in [3.05, 3.63) is 45.8 Å². The van der Waals surface area contributed by atoms with Crippen molar-refractivity contribution in [2.24, 2.45) is 0 Å². The number of methoxy groups -OCH3 is 2. The highest BCUT2D eigenvalue weighted by atomic mass is 32.1. The normalized spacial score (nSPS) is 11.4. The molecule has 1 amide bonds. The smallest absolute Gasteiger partial charge is 0.273 e. The number of aromatic nitrogens is 4. The summed E-state index contributed by atoms with van der Waals surface area (Å²) in [5.74, 6) is 2.31. The summed E-state index contributed by atoms with van der Waals surface area (Å²) in [6.07, 6.45) is 1.47. The topological polar surface area (TPSA) is 99.7 Å². The van der Waals surface area contributed by atoms with Crippen LogP contribution in [-0.4, -0.2) is 39.3 Å². The number of nitrogens with one attached hydrogen (secondary N) is 1. The summed E-state index contributed by atoms with van der Waals surface area (Å²) >= 11 is 1.41. The lowest BCUT2D eigenvalue weighted by Gasteiger charge is -2.12. The maximum Gasteiger partial charge on any atom is 0.273 e. The standard InChI is InChI=1S/C22H25N5O4S/c1-13(2)26-21(29)20-15(10-11-32-20)27-18(24-25-22(26)27)6-5-7-19(28)23-14-8-9-16(30-3)17(12-14)31-4/h8-13H,5-7H2,1-4H3,(H,23,28). The van der Waals surface area contributed by atoms with Crippen LogP contribution in [0.3, 0.4) is 0 Å². The molecule has 4 rings (SSSR count). The second-order valence-electron chi connectivity index (χ2n) is 7.63. The van der Waals surface area contributed by atoms with E-state index in [0.29, 0.717) is 46.9 Å². The van der Waals surface area contributed by atoms with E-state index >= 15 is 0 Å². The minimum absolute atomic E-state index is 0.0409. The molecule has 0 saturated heterocycles. The molecule has 0 aliphatic rings. The van der Waals surface area contributed by atoms with Gasteiger partial charge in [0.1, 0.15) is 10.5 Å². The van der Waals surface area contributed by atoms with Crippen molar-refractivity contribution >= 4 is 38.9 Å². The molecular weight excluding hydrogens is 430 g/mol. The maximum atomic E-state index is 12.8. The summed E-state index contributed by atoms with van der Waals surface area (Å²) in [5, 5.41) is 13.4. The highest BCUT2D eigenvalue weighted by Gasteiger charge is 2.19. The molecule has 3 heterocycles. The predicted molar refractivity (Wildman–Crippen MR) is 124 cm³/mol. The number of carbonyl (C=O) groups excluding carboxylic acids is 1. The van der Waals surface area contributed by atoms with Crippen molar-refractivity contribution in [1.82, 2.24) is 19.2 Å². The van der Waals surface area contributed by atoms with Crippen LogP contribution in [0.15, 0.2) is 34.4 Å². The average molecular weight is 456 g/mol. The third kappa shape index (κ3) is 3.93. The zero-order chi connectivity index (χ0) is 22.8. The number of rotatable bonds is 8. The molecule has 0 fully saturated rings. The second kappa shape index (κ2) is 8.99. The molecule has 3 aromatic heterocycles. The van der Waals surface area contributed by atoms with Crippen LogP contribution in [0, 0.1) is 0 Å². The molecule has 0 atom stereocenters. The molecule has 4 aromatic rings. The Balaban J connectivity index is 1.50. The first kappa shape index (κ1) is 21.8. The van der Waals surface area contributed by atoms with Gasteiger partial charge in [-0.15, -0.1) is 21.5 Å². The average Bonchev–Trinajstić information content (AvgIpc) is 3.41. The molecule has 0 radical (unpaired) electrons. The van der Waals surface area contributed by atoms with E-state index in [1.807, 2.05) is 29.7 Å². The van der Waals surface area contributed by atoms with Gasteiger partial charge in [0.05, 0.1) is 19.7 Å². The van der Waals surface area contributed by atoms with Crippen LogP contribution < -0.4 is 20.3 Å². The van der Waals surface area contributed by atoms with Gasteiger partial charge in [0.25, 0.3) is 5.56 Å². The number of hydrogen-bond acceptors (Lipinski definition) is 7. The summed E-state index contributed by atoms with van der Waals surface area (Å²) in [6, 6.07) is 7.11. The molecule has 0 aliphatic heterocycles. The SMILES string of the molecule is COc1ccc(NC(=O)CCCc2nnc3n(C(C)C)c(=O)c4sccc4n23)cc1OC. The number of amides is 1. The summed E-state index contributed by atoms with van der Waals surface area (Å²) < 4.78 is 14.8. The van der Waals surface area contributed by atoms with E-state index in [-0.39, 0.29) is 17.5 Å². The molecule has 32 heavy (non-hydrogen) atoms. The Morgan fingerprint density at radius 1 is 1.16 bits per heavy atom. The molecule has 0 unspecified atom stereocenters. The van der Waals surface area contributed by atoms with Crippen LogP contribution in [0.1, 0.15) is 38.6 Å². The van der Waals surface area contributed by atoms with Gasteiger partial charge in [-0.05, 0) is 43.8 Å². The van der Waals surface area contributed by atoms with Gasteiger partial charge < -0.3 is 14.8 Å². The van der Waals surface area contributed by atoms with Gasteiger partial charge in [-0.3, -0.25) is 18.6 Å². The van der Waals surface area contributed by atoms with E-state index in [4.69, 9.17) is 9.47 Å². The Hall–Kier alpha value is -3.40. The third-order valence-corrected chi connectivity index (χ3v) is 6.11. The van der Waals surface area contributed by atoms with Crippen molar-refractivity contribution in [3.63, 3.8) is 0 Å². The Morgan fingerprint density at radius 2 is 1.94 bits per heavy atom. The van der Waals surface area contributed by atoms with E-state index in [1.165, 1.54) is 11.3 Å². The van der Waals surface area contributed by atoms with Gasteiger partial charge in [0.2, 0.25) is 11.7 Å². The van der Waals surface area contributed by atoms with E-state index in [0.717, 1.165) is 11.3 Å². The molecule has 0 aliphatic carbocycles. The Morgan fingerprint density at radius 3 is 2.66 bits per heavy atom. The molecule has 0 spiro atoms. The number of nitrogens with zero attached hydrogens (tertiary/aromatic N) is 4. The fourth-order valence-electron chi connectivity index (χ4n) is 3.72. The minimum Gasteiger partial charge on any atom is -0.493 e. The van der Waals surface area contributed by atoms with Crippen LogP contribution >= 0.6 is 11.3 Å². The molecule has 0 saturated carbocycles. The highest BCUT2D eigenvalue weighted by Crippen LogP contribution is 2.30. The number of thiophene rings is 1. The molecule has 10 heteroatoms. The van der Waals surface area contributed by atoms with Gasteiger partial charge in [-0.1, -0.05) is 0 Å². The summed E-state index contributed by atoms with van der Waals surface area (Å²) in [5.41, 5.74) is 1.40. The number of ether oxygens (including phenoxy) is 2. The van der Waals surface area contributed by atoms with Crippen LogP contribution in [0.5, 0.6) is 11.5 Å². The van der Waals surface area contributed by atoms with E-state index < -0.39 is 0 Å². The zero-order valence-electron chi connectivity index (χ0n) is 18.4. The summed E-state index contributed by atoms with van der Waals surface area (Å²) in [6.45, 7) is 3.90. The number of carbonyl (C=O) groups is 1. The van der Waals surface area contributed by atoms with Crippen molar-refractivity contribution < 1.29 is 14.3 Å². The first-order valence-corrected chi connectivity index (χ1v) is 11.2. The van der Waals surface area contributed by atoms with Crippen molar-refractivity contribution in [2.75, 3.05) is 19.5 Å². The number of anilines is 1. The van der Waals surface area contributed by atoms with E-state index in [1.54, 1.807) is 37.0 Å². The number of hydrogen-bond donors (Lipinski definition) is 1. The van der Waals surface area contributed by atoms with Crippen LogP contribution in [-0.2, 0) is 11.2 Å². The maximum absolute atomic E-state index is 12.8. The van der Waals surface area contributed by atoms with Gasteiger partial charge >= 0.3 is 0 Å². The van der Waals surface area contributed by atoms with Gasteiger partial charge in [0.15, 0.2) is 11.5 Å². The molecule has 1 N–H and O–H groups in total. The lowest BCUT2D eigenvalue weighted by Crippen LogP contribution is -2.24. The van der Waals surface area contributed by atoms with Gasteiger partial charge in [-0.2, -0.15) is 0 Å². The largest absolute Gasteiger partial charge is 0.493 e. The van der Waals surface area contributed by atoms with Crippen molar-refractivity contribution in [1.29, 1.82) is 0 Å². The lowest BCUT2D eigenvalue weighted by molar-refractivity contribution is -0.116. The molecule has 168 valence electrons. The Bertz CT molecular complexity index is 1340. The number of benzene rings is 1. The predicted octanol–water partition coefficient (Wildman–Crippen LogP) is 3.67. The number of aryl methyl sites for hydroxylation is 1. The lowest BCUT2D eigenvalue weighted by atomic mass is 10.2. The highest BCUT2D eigenvalue weighted by molar-refractivity contribution is 7.17. The fraction of sp³-hybridized carbons (Fsp3) is 0.364. The Kier molecular flexibility index (Phi) is 6.13. The Labute approximate surface area is 188 Å². The van der Waals surface area contributed by atoms with Crippen LogP contribution in [0.25, 0.3) is 16.0 Å². The second-order valence-corrected chi connectivity index (χ2v) is 8.54. The van der Waals surface area contributed by atoms with Crippen LogP contribution in [0.4, 0.5) is 5.69 Å². The van der Waals surface area contributed by atoms with Crippen molar-refractivity contribution in [3.8, 4) is 11.5 Å². The number of fused-ring (bicyclic) bond motifs is 3. The minimum atomic E-state index is -0.106. The molecule has 1 aromatic carbocycles. The first-order valence-electron chi connectivity index (χ1n) is 10.3. The summed E-state index contributed by atoms with van der Waals surface area (Å²) in [7, 11) is 3.12. The summed E-state index contributed by atoms with van der Waals surface area (Å²) in [4.78, 5) is 25.3. The van der Waals surface area contributed by atoms with Crippen LogP contribution in [0.2, 0.25) is 0 Å². The molecule has 9 nitrogen and oxygen atoms in total. The van der Waals surface area contributed by atoms with Gasteiger partial charge in [-0.25, -0.2) is 0 Å². The van der Waals surface area contributed by atoms with Gasteiger partial charge in [0, 0.05) is 30.6 Å². The fourth-order valence-corrected chi connectivity index (χ4v) is 4.53. The zero-order valence-corrected chi connectivity index (χ0v) is 19.2. The quantitative estimate of drug-likeness (QED) is 0.435. The van der Waals surface area contributed by atoms with Crippen molar-refractivity contribution in [2.45, 2.75) is 39.2 Å². The third-order valence-electron chi connectivity index (χ3n) is 5.21.